The van der Waals surface area contributed by atoms with Gasteiger partial charge in [0.2, 0.25) is 0 Å². The fraction of sp³-hybridized carbons (Fsp3) is 0.435. The zero-order valence-electron chi connectivity index (χ0n) is 17.8. The molecule has 2 heterocycles. The summed E-state index contributed by atoms with van der Waals surface area (Å²) >= 11 is 6.40. The van der Waals surface area contributed by atoms with Crippen molar-refractivity contribution in [2.24, 2.45) is 5.92 Å². The third kappa shape index (κ3) is 3.43. The van der Waals surface area contributed by atoms with E-state index >= 15 is 0 Å². The summed E-state index contributed by atoms with van der Waals surface area (Å²) in [5.41, 5.74) is 4.07. The first-order chi connectivity index (χ1) is 14.9. The van der Waals surface area contributed by atoms with Crippen molar-refractivity contribution in [1.82, 2.24) is 14.3 Å². The van der Waals surface area contributed by atoms with Crippen LogP contribution in [0.4, 0.5) is 5.69 Å². The molecule has 1 saturated carbocycles. The van der Waals surface area contributed by atoms with Crippen molar-refractivity contribution in [3.8, 4) is 0 Å². The van der Waals surface area contributed by atoms with Crippen molar-refractivity contribution < 1.29 is 8.42 Å². The van der Waals surface area contributed by atoms with E-state index < -0.39 is 10.0 Å². The first-order valence-corrected chi connectivity index (χ1v) is 12.7. The Kier molecular flexibility index (Phi) is 5.23. The van der Waals surface area contributed by atoms with Gasteiger partial charge in [-0.2, -0.15) is 0 Å². The van der Waals surface area contributed by atoms with Crippen molar-refractivity contribution in [3.05, 3.63) is 52.8 Å². The number of anilines is 1. The van der Waals surface area contributed by atoms with E-state index in [9.17, 15) is 8.42 Å². The number of halogens is 1. The minimum Gasteiger partial charge on any atom is -0.367 e. The van der Waals surface area contributed by atoms with Gasteiger partial charge < -0.3 is 10.2 Å². The fourth-order valence-corrected chi connectivity index (χ4v) is 6.58. The van der Waals surface area contributed by atoms with Gasteiger partial charge >= 0.3 is 0 Å². The van der Waals surface area contributed by atoms with E-state index in [0.29, 0.717) is 26.9 Å². The number of rotatable bonds is 4. The Bertz CT molecular complexity index is 1250. The highest BCUT2D eigenvalue weighted by Crippen LogP contribution is 2.46. The highest BCUT2D eigenvalue weighted by Gasteiger charge is 2.34. The number of imidazole rings is 1. The Morgan fingerprint density at radius 2 is 1.94 bits per heavy atom. The molecular formula is C23H27ClN4O2S. The monoisotopic (exact) mass is 458 g/mol. The minimum atomic E-state index is -3.85. The lowest BCUT2D eigenvalue weighted by Crippen LogP contribution is -2.43. The van der Waals surface area contributed by atoms with Gasteiger partial charge in [0.25, 0.3) is 10.0 Å². The van der Waals surface area contributed by atoms with Crippen LogP contribution in [0.25, 0.3) is 11.0 Å². The van der Waals surface area contributed by atoms with Gasteiger partial charge in [0, 0.05) is 31.2 Å². The second-order valence-electron chi connectivity index (χ2n) is 8.73. The first-order valence-electron chi connectivity index (χ1n) is 10.9. The molecule has 0 amide bonds. The Morgan fingerprint density at radius 3 is 2.61 bits per heavy atom. The van der Waals surface area contributed by atoms with E-state index in [4.69, 9.17) is 11.6 Å². The van der Waals surface area contributed by atoms with Crippen LogP contribution in [0.5, 0.6) is 0 Å². The number of nitrogens with zero attached hydrogens (tertiary/aromatic N) is 3. The number of aryl methyl sites for hydroxylation is 1. The lowest BCUT2D eigenvalue weighted by atomic mass is 9.71. The van der Waals surface area contributed by atoms with Gasteiger partial charge in [-0.1, -0.05) is 30.7 Å². The maximum atomic E-state index is 13.9. The van der Waals surface area contributed by atoms with Crippen LogP contribution in [0, 0.1) is 12.8 Å². The van der Waals surface area contributed by atoms with Gasteiger partial charge in [-0.05, 0) is 60.9 Å². The molecular weight excluding hydrogens is 432 g/mol. The van der Waals surface area contributed by atoms with Crippen molar-refractivity contribution >= 4 is 38.3 Å². The molecule has 6 nitrogen and oxygen atoms in total. The molecule has 2 atom stereocenters. The molecule has 2 aliphatic rings. The molecule has 2 fully saturated rings. The van der Waals surface area contributed by atoms with Gasteiger partial charge in [0.05, 0.1) is 16.1 Å². The number of nitrogens with one attached hydrogen (secondary N) is 1. The van der Waals surface area contributed by atoms with Crippen molar-refractivity contribution in [2.75, 3.05) is 31.1 Å². The van der Waals surface area contributed by atoms with Crippen molar-refractivity contribution in [2.45, 2.75) is 37.5 Å². The highest BCUT2D eigenvalue weighted by atomic mass is 35.5. The smallest absolute Gasteiger partial charge is 0.269 e. The summed E-state index contributed by atoms with van der Waals surface area (Å²) in [5, 5.41) is 3.82. The predicted molar refractivity (Wildman–Crippen MR) is 125 cm³/mol. The Labute approximate surface area is 188 Å². The molecule has 1 aliphatic carbocycles. The maximum absolute atomic E-state index is 13.9. The lowest BCUT2D eigenvalue weighted by molar-refractivity contribution is 0.276. The second-order valence-corrected chi connectivity index (χ2v) is 10.9. The largest absolute Gasteiger partial charge is 0.367 e. The summed E-state index contributed by atoms with van der Waals surface area (Å²) < 4.78 is 29.1. The summed E-state index contributed by atoms with van der Waals surface area (Å²) in [6.07, 6.45) is 3.56. The topological polar surface area (TPSA) is 67.2 Å². The van der Waals surface area contributed by atoms with Crippen LogP contribution in [0.3, 0.4) is 0 Å². The number of para-hydroxylation sites is 1. The van der Waals surface area contributed by atoms with E-state index in [2.05, 4.69) is 22.1 Å². The summed E-state index contributed by atoms with van der Waals surface area (Å²) in [6, 6.07) is 9.33. The Balaban J connectivity index is 1.65. The number of hydrogen-bond donors (Lipinski definition) is 1. The van der Waals surface area contributed by atoms with Crippen LogP contribution in [0.1, 0.15) is 36.8 Å². The Hall–Kier alpha value is -2.09. The van der Waals surface area contributed by atoms with Gasteiger partial charge in [-0.25, -0.2) is 17.4 Å². The second kappa shape index (κ2) is 7.80. The molecule has 1 aliphatic heterocycles. The number of aromatic nitrogens is 2. The van der Waals surface area contributed by atoms with Gasteiger partial charge in [0.15, 0.2) is 0 Å². The van der Waals surface area contributed by atoms with Gasteiger partial charge in [-0.3, -0.25) is 0 Å². The van der Waals surface area contributed by atoms with E-state index in [-0.39, 0.29) is 5.92 Å². The SMILES string of the molecule is Cc1cc(C2CCC2C)c(S(=O)(=O)n2cnc3c(N4CCNCC4)cccc32)cc1Cl. The molecule has 0 radical (unpaired) electrons. The highest BCUT2D eigenvalue weighted by molar-refractivity contribution is 7.90. The lowest BCUT2D eigenvalue weighted by Gasteiger charge is -2.35. The average Bonchev–Trinajstić information content (AvgIpc) is 3.20. The van der Waals surface area contributed by atoms with Crippen LogP contribution in [-0.2, 0) is 10.0 Å². The van der Waals surface area contributed by atoms with Crippen LogP contribution in [-0.4, -0.2) is 43.6 Å². The quantitative estimate of drug-likeness (QED) is 0.635. The van der Waals surface area contributed by atoms with Crippen LogP contribution in [0.2, 0.25) is 5.02 Å². The number of fused-ring (bicyclic) bond motifs is 1. The van der Waals surface area contributed by atoms with E-state index in [1.54, 1.807) is 6.07 Å². The molecule has 2 unspecified atom stereocenters. The third-order valence-electron chi connectivity index (χ3n) is 6.83. The zero-order valence-corrected chi connectivity index (χ0v) is 19.4. The predicted octanol–water partition coefficient (Wildman–Crippen LogP) is 4.16. The summed E-state index contributed by atoms with van der Waals surface area (Å²) in [4.78, 5) is 7.09. The van der Waals surface area contributed by atoms with Gasteiger partial charge in [-0.15, -0.1) is 0 Å². The molecule has 2 aromatic carbocycles. The van der Waals surface area contributed by atoms with Crippen molar-refractivity contribution in [1.29, 1.82) is 0 Å². The van der Waals surface area contributed by atoms with Crippen LogP contribution >= 0.6 is 11.6 Å². The molecule has 8 heteroatoms. The summed E-state index contributed by atoms with van der Waals surface area (Å²) in [5.74, 6) is 0.709. The molecule has 1 saturated heterocycles. The van der Waals surface area contributed by atoms with Crippen molar-refractivity contribution in [3.63, 3.8) is 0 Å². The Morgan fingerprint density at radius 1 is 1.16 bits per heavy atom. The van der Waals surface area contributed by atoms with E-state index in [1.165, 1.54) is 10.3 Å². The average molecular weight is 459 g/mol. The molecule has 5 rings (SSSR count). The number of piperazine rings is 1. The molecule has 164 valence electrons. The van der Waals surface area contributed by atoms with Crippen LogP contribution < -0.4 is 10.2 Å². The summed E-state index contributed by atoms with van der Waals surface area (Å²) in [7, 11) is -3.85. The molecule has 1 aromatic heterocycles. The van der Waals surface area contributed by atoms with Gasteiger partial charge in [0.1, 0.15) is 11.8 Å². The molecule has 3 aromatic rings. The zero-order chi connectivity index (χ0) is 21.8. The van der Waals surface area contributed by atoms with Crippen LogP contribution in [0.15, 0.2) is 41.6 Å². The standard InChI is InChI=1S/C23H27ClN4O2S/c1-15-6-7-17(15)18-12-16(2)19(24)13-22(18)31(29,30)28-14-26-23-20(4-3-5-21(23)28)27-10-8-25-9-11-27/h3-5,12-15,17,25H,6-11H2,1-2H3. The fourth-order valence-electron chi connectivity index (χ4n) is 4.79. The summed E-state index contributed by atoms with van der Waals surface area (Å²) in [6.45, 7) is 7.66. The minimum absolute atomic E-state index is 0.243. The molecule has 0 bridgehead atoms. The molecule has 1 N–H and O–H groups in total. The normalized spacial score (nSPS) is 22.0. The van der Waals surface area contributed by atoms with E-state index in [1.807, 2.05) is 31.2 Å². The maximum Gasteiger partial charge on any atom is 0.269 e. The molecule has 0 spiro atoms. The van der Waals surface area contributed by atoms with E-state index in [0.717, 1.165) is 55.8 Å². The number of hydrogen-bond acceptors (Lipinski definition) is 5. The first kappa shape index (κ1) is 20.8. The molecule has 31 heavy (non-hydrogen) atoms. The third-order valence-corrected chi connectivity index (χ3v) is 8.95. The number of benzene rings is 2.